The fraction of sp³-hybridized carbons (Fsp3) is 0.105. The standard InChI is InChI=1S/C19H19N5O4S2/c20-19(23(21)17(27)15(29)13(25)11-7-3-1-4-8-11)24(22)18(28)16(30)14(26)12-9-5-2-6-10-12/h1-10,15-16,20,29-30H,21-22H2/t15-,16-/m0/s1. The molecule has 2 rings (SSSR count). The smallest absolute Gasteiger partial charge is 0.264 e. The number of benzene rings is 2. The molecule has 9 nitrogen and oxygen atoms in total. The van der Waals surface area contributed by atoms with Crippen LogP contribution in [-0.4, -0.2) is 49.9 Å². The van der Waals surface area contributed by atoms with Crippen molar-refractivity contribution < 1.29 is 19.2 Å². The third-order valence-corrected chi connectivity index (χ3v) is 4.92. The van der Waals surface area contributed by atoms with Crippen LogP contribution in [0.5, 0.6) is 0 Å². The van der Waals surface area contributed by atoms with Crippen LogP contribution >= 0.6 is 25.3 Å². The maximum absolute atomic E-state index is 12.4. The van der Waals surface area contributed by atoms with E-state index in [4.69, 9.17) is 17.1 Å². The highest BCUT2D eigenvalue weighted by Gasteiger charge is 2.34. The molecule has 30 heavy (non-hydrogen) atoms. The molecule has 156 valence electrons. The van der Waals surface area contributed by atoms with Crippen LogP contribution in [0.2, 0.25) is 0 Å². The predicted octanol–water partition coefficient (Wildman–Crippen LogP) is 0.688. The summed E-state index contributed by atoms with van der Waals surface area (Å²) in [5.41, 5.74) is 0.436. The second-order valence-corrected chi connectivity index (χ2v) is 7.04. The van der Waals surface area contributed by atoms with Crippen molar-refractivity contribution in [3.63, 3.8) is 0 Å². The van der Waals surface area contributed by atoms with Gasteiger partial charge >= 0.3 is 0 Å². The van der Waals surface area contributed by atoms with Gasteiger partial charge in [-0.3, -0.25) is 24.6 Å². The number of guanidine groups is 1. The second kappa shape index (κ2) is 10.2. The van der Waals surface area contributed by atoms with E-state index in [2.05, 4.69) is 25.3 Å². The number of amides is 2. The molecule has 0 unspecified atom stereocenters. The molecule has 0 radical (unpaired) electrons. The minimum absolute atomic E-state index is 0.212. The lowest BCUT2D eigenvalue weighted by atomic mass is 10.1. The fourth-order valence-corrected chi connectivity index (χ4v) is 2.88. The molecule has 0 aliphatic carbocycles. The Morgan fingerprint density at radius 2 is 1.00 bits per heavy atom. The SMILES string of the molecule is N=C(N(N)C(=O)[C@@H](S)C(=O)c1ccccc1)N(N)C(=O)[C@@H](S)C(=O)c1ccccc1. The van der Waals surface area contributed by atoms with Crippen molar-refractivity contribution in [2.75, 3.05) is 0 Å². The molecule has 0 aromatic heterocycles. The van der Waals surface area contributed by atoms with Gasteiger partial charge in [0.25, 0.3) is 11.8 Å². The molecule has 0 spiro atoms. The number of hydrogen-bond donors (Lipinski definition) is 5. The van der Waals surface area contributed by atoms with Crippen LogP contribution in [0.25, 0.3) is 0 Å². The van der Waals surface area contributed by atoms with Crippen LogP contribution in [0.3, 0.4) is 0 Å². The van der Waals surface area contributed by atoms with E-state index in [9.17, 15) is 19.2 Å². The van der Waals surface area contributed by atoms with E-state index in [1.54, 1.807) is 36.4 Å². The first-order valence-electron chi connectivity index (χ1n) is 8.47. The minimum atomic E-state index is -1.53. The number of ketones is 2. The van der Waals surface area contributed by atoms with E-state index in [0.717, 1.165) is 0 Å². The lowest BCUT2D eigenvalue weighted by Crippen LogP contribution is -2.59. The van der Waals surface area contributed by atoms with Gasteiger partial charge in [0, 0.05) is 11.1 Å². The van der Waals surface area contributed by atoms with Crippen molar-refractivity contribution in [1.29, 1.82) is 5.41 Å². The molecular formula is C19H19N5O4S2. The number of carbonyl (C=O) groups excluding carboxylic acids is 4. The number of nitrogens with zero attached hydrogens (tertiary/aromatic N) is 2. The monoisotopic (exact) mass is 445 g/mol. The number of thiol groups is 2. The number of rotatable bonds is 6. The molecule has 11 heteroatoms. The molecule has 0 aliphatic rings. The fourth-order valence-electron chi connectivity index (χ4n) is 2.33. The number of carbonyl (C=O) groups is 4. The number of hydrazine groups is 2. The lowest BCUT2D eigenvalue weighted by molar-refractivity contribution is -0.129. The van der Waals surface area contributed by atoms with Crippen LogP contribution in [0, 0.1) is 5.41 Å². The van der Waals surface area contributed by atoms with Gasteiger partial charge in [0.2, 0.25) is 5.96 Å². The summed E-state index contributed by atoms with van der Waals surface area (Å²) < 4.78 is 0. The number of nitrogens with one attached hydrogen (secondary N) is 1. The normalized spacial score (nSPS) is 12.4. The molecule has 2 aromatic rings. The van der Waals surface area contributed by atoms with Gasteiger partial charge in [0.05, 0.1) is 0 Å². The van der Waals surface area contributed by atoms with E-state index in [-0.39, 0.29) is 21.1 Å². The molecule has 2 aromatic carbocycles. The highest BCUT2D eigenvalue weighted by atomic mass is 32.1. The minimum Gasteiger partial charge on any atom is -0.292 e. The number of nitrogens with two attached hydrogens (primary N) is 2. The van der Waals surface area contributed by atoms with Crippen molar-refractivity contribution in [2.45, 2.75) is 10.5 Å². The number of Topliss-reactive ketones (excluding diaryl/α,β-unsaturated/α-hetero) is 2. The van der Waals surface area contributed by atoms with Crippen molar-refractivity contribution in [3.8, 4) is 0 Å². The van der Waals surface area contributed by atoms with Crippen LogP contribution in [0.15, 0.2) is 60.7 Å². The zero-order valence-electron chi connectivity index (χ0n) is 15.5. The Balaban J connectivity index is 2.08. The first-order valence-corrected chi connectivity index (χ1v) is 9.50. The molecule has 0 bridgehead atoms. The van der Waals surface area contributed by atoms with Gasteiger partial charge in [0.1, 0.15) is 10.5 Å². The first kappa shape index (κ1) is 23.3. The highest BCUT2D eigenvalue weighted by molar-refractivity contribution is 7.83. The Hall–Kier alpha value is -2.99. The third kappa shape index (κ3) is 5.13. The Kier molecular flexibility index (Phi) is 7.89. The Morgan fingerprint density at radius 1 is 0.700 bits per heavy atom. The van der Waals surface area contributed by atoms with Gasteiger partial charge in [0.15, 0.2) is 11.6 Å². The van der Waals surface area contributed by atoms with E-state index in [1.807, 2.05) is 0 Å². The van der Waals surface area contributed by atoms with Crippen LogP contribution in [0.4, 0.5) is 0 Å². The van der Waals surface area contributed by atoms with Crippen LogP contribution < -0.4 is 11.7 Å². The van der Waals surface area contributed by atoms with E-state index < -0.39 is 39.8 Å². The molecule has 0 saturated carbocycles. The number of hydrogen-bond acceptors (Lipinski definition) is 9. The quantitative estimate of drug-likeness (QED) is 0.0645. The summed E-state index contributed by atoms with van der Waals surface area (Å²) in [5, 5.41) is 5.28. The van der Waals surface area contributed by atoms with Crippen molar-refractivity contribution in [2.24, 2.45) is 11.7 Å². The van der Waals surface area contributed by atoms with Crippen molar-refractivity contribution in [3.05, 3.63) is 71.8 Å². The Labute approximate surface area is 183 Å². The lowest BCUT2D eigenvalue weighted by Gasteiger charge is -2.26. The van der Waals surface area contributed by atoms with Gasteiger partial charge < -0.3 is 0 Å². The van der Waals surface area contributed by atoms with Gasteiger partial charge in [-0.05, 0) is 0 Å². The molecule has 2 amide bonds. The summed E-state index contributed by atoms with van der Waals surface area (Å²) in [4.78, 5) is 49.6. The largest absolute Gasteiger partial charge is 0.292 e. The summed E-state index contributed by atoms with van der Waals surface area (Å²) in [6.45, 7) is 0. The third-order valence-electron chi connectivity index (χ3n) is 4.01. The van der Waals surface area contributed by atoms with E-state index in [0.29, 0.717) is 0 Å². The second-order valence-electron chi connectivity index (χ2n) is 6.01. The summed E-state index contributed by atoms with van der Waals surface area (Å²) in [6.07, 6.45) is 0. The maximum Gasteiger partial charge on any atom is 0.264 e. The predicted molar refractivity (Wildman–Crippen MR) is 117 cm³/mol. The van der Waals surface area contributed by atoms with E-state index >= 15 is 0 Å². The maximum atomic E-state index is 12.4. The molecule has 2 atom stereocenters. The topological polar surface area (TPSA) is 151 Å². The Bertz CT molecular complexity index is 894. The molecule has 0 aliphatic heterocycles. The summed E-state index contributed by atoms with van der Waals surface area (Å²) in [6, 6.07) is 15.8. The molecule has 0 saturated heterocycles. The van der Waals surface area contributed by atoms with Gasteiger partial charge in [-0.25, -0.2) is 21.7 Å². The van der Waals surface area contributed by atoms with Crippen LogP contribution in [-0.2, 0) is 9.59 Å². The summed E-state index contributed by atoms with van der Waals surface area (Å²) >= 11 is 7.95. The summed E-state index contributed by atoms with van der Waals surface area (Å²) in [7, 11) is 0. The van der Waals surface area contributed by atoms with Gasteiger partial charge in [-0.15, -0.1) is 0 Å². The first-order chi connectivity index (χ1) is 14.2. The Morgan fingerprint density at radius 3 is 1.30 bits per heavy atom. The van der Waals surface area contributed by atoms with Gasteiger partial charge in [-0.1, -0.05) is 60.7 Å². The van der Waals surface area contributed by atoms with Crippen LogP contribution in [0.1, 0.15) is 20.7 Å². The summed E-state index contributed by atoms with van der Waals surface area (Å²) in [5.74, 6) is 6.76. The average molecular weight is 446 g/mol. The molecular weight excluding hydrogens is 426 g/mol. The molecule has 0 heterocycles. The molecule has 0 fully saturated rings. The zero-order valence-corrected chi connectivity index (χ0v) is 17.3. The average Bonchev–Trinajstić information content (AvgIpc) is 2.80. The highest BCUT2D eigenvalue weighted by Crippen LogP contribution is 2.13. The zero-order chi connectivity index (χ0) is 22.4. The van der Waals surface area contributed by atoms with E-state index in [1.165, 1.54) is 24.3 Å². The van der Waals surface area contributed by atoms with Crippen molar-refractivity contribution in [1.82, 2.24) is 10.0 Å². The van der Waals surface area contributed by atoms with Crippen molar-refractivity contribution >= 4 is 54.6 Å². The molecule has 5 N–H and O–H groups in total. The van der Waals surface area contributed by atoms with Gasteiger partial charge in [-0.2, -0.15) is 25.3 Å².